The normalized spacial score (nSPS) is 21.1. The Kier molecular flexibility index (Phi) is 8.68. The molecule has 0 spiro atoms. The number of anilines is 3. The molecule has 1 aromatic heterocycles. The first-order chi connectivity index (χ1) is 26.2. The Morgan fingerprint density at radius 3 is 1.89 bits per heavy atom. The summed E-state index contributed by atoms with van der Waals surface area (Å²) in [5, 5.41) is 2.69. The van der Waals surface area contributed by atoms with Gasteiger partial charge in [0.15, 0.2) is 0 Å². The van der Waals surface area contributed by atoms with E-state index in [1.54, 1.807) is 0 Å². The minimum Gasteiger partial charge on any atom is -0.310 e. The molecule has 3 atom stereocenters. The van der Waals surface area contributed by atoms with Crippen molar-refractivity contribution in [3.05, 3.63) is 162 Å². The highest BCUT2D eigenvalue weighted by atomic mass is 32.1. The van der Waals surface area contributed by atoms with Crippen LogP contribution in [-0.2, 0) is 5.41 Å². The molecule has 0 radical (unpaired) electrons. The van der Waals surface area contributed by atoms with Gasteiger partial charge in [0, 0.05) is 42.6 Å². The number of hydrogen-bond donors (Lipinski definition) is 0. The van der Waals surface area contributed by atoms with Crippen molar-refractivity contribution < 1.29 is 0 Å². The van der Waals surface area contributed by atoms with Gasteiger partial charge in [0.1, 0.15) is 0 Å². The maximum absolute atomic E-state index is 2.51. The molecule has 0 aliphatic heterocycles. The van der Waals surface area contributed by atoms with Gasteiger partial charge in [-0.25, -0.2) is 0 Å². The Bertz CT molecular complexity index is 2330. The molecule has 2 heteroatoms. The van der Waals surface area contributed by atoms with E-state index >= 15 is 0 Å². The van der Waals surface area contributed by atoms with Gasteiger partial charge in [0.2, 0.25) is 0 Å². The molecule has 6 aromatic carbocycles. The van der Waals surface area contributed by atoms with Crippen LogP contribution in [0.4, 0.5) is 17.1 Å². The first-order valence-corrected chi connectivity index (χ1v) is 21.1. The highest BCUT2D eigenvalue weighted by molar-refractivity contribution is 7.26. The van der Waals surface area contributed by atoms with Crippen LogP contribution in [0.15, 0.2) is 146 Å². The van der Waals surface area contributed by atoms with Crippen LogP contribution in [0.1, 0.15) is 93.2 Å². The number of nitrogens with zero attached hydrogens (tertiary/aromatic N) is 1. The standard InChI is InChI=1S/C51H49NS/c1-2-10-31-51(32-11-3-1,40-15-8-5-9-16-40)41-23-27-43(28-24-41)52(42-25-21-38(22-26-42)46-34-36-19-20-39(46)33-36)44-29-30-48-47(35-44)50-45(17-12-18-49(50)53-48)37-13-6-4-7-14-37/h4-9,12-18,21-30,35-36,39,46H,1-3,10-11,19-20,31-34H2. The Balaban J connectivity index is 1.09. The molecule has 3 aliphatic rings. The number of rotatable bonds is 7. The molecule has 0 N–H and O–H groups in total. The Hall–Kier alpha value is -4.66. The number of fused-ring (bicyclic) bond motifs is 5. The van der Waals surface area contributed by atoms with Gasteiger partial charge in [-0.3, -0.25) is 0 Å². The first kappa shape index (κ1) is 32.9. The highest BCUT2D eigenvalue weighted by Crippen LogP contribution is 2.53. The van der Waals surface area contributed by atoms with Crippen molar-refractivity contribution in [2.75, 3.05) is 4.90 Å². The van der Waals surface area contributed by atoms with Crippen molar-refractivity contribution in [2.45, 2.75) is 82.0 Å². The van der Waals surface area contributed by atoms with Crippen LogP contribution in [0.5, 0.6) is 0 Å². The maximum atomic E-state index is 2.51. The molecular weight excluding hydrogens is 659 g/mol. The average Bonchev–Trinajstić information content (AvgIpc) is 3.95. The largest absolute Gasteiger partial charge is 0.310 e. The summed E-state index contributed by atoms with van der Waals surface area (Å²) in [6.45, 7) is 0. The lowest BCUT2D eigenvalue weighted by atomic mass is 9.67. The molecular formula is C51H49NS. The zero-order valence-electron chi connectivity index (χ0n) is 30.7. The van der Waals surface area contributed by atoms with Gasteiger partial charge < -0.3 is 4.90 Å². The molecule has 3 unspecified atom stereocenters. The summed E-state index contributed by atoms with van der Waals surface area (Å²) >= 11 is 1.90. The van der Waals surface area contributed by atoms with E-state index in [0.29, 0.717) is 0 Å². The van der Waals surface area contributed by atoms with E-state index in [-0.39, 0.29) is 5.41 Å². The van der Waals surface area contributed by atoms with Crippen LogP contribution in [0.3, 0.4) is 0 Å². The van der Waals surface area contributed by atoms with E-state index < -0.39 is 0 Å². The van der Waals surface area contributed by atoms with Crippen LogP contribution in [-0.4, -0.2) is 0 Å². The van der Waals surface area contributed by atoms with Crippen molar-refractivity contribution >= 4 is 48.6 Å². The van der Waals surface area contributed by atoms with Crippen LogP contribution in [0, 0.1) is 11.8 Å². The van der Waals surface area contributed by atoms with Crippen LogP contribution in [0.2, 0.25) is 0 Å². The highest BCUT2D eigenvalue weighted by Gasteiger charge is 2.40. The molecule has 1 heterocycles. The van der Waals surface area contributed by atoms with E-state index in [2.05, 4.69) is 150 Å². The van der Waals surface area contributed by atoms with E-state index in [1.165, 1.54) is 136 Å². The summed E-state index contributed by atoms with van der Waals surface area (Å²) < 4.78 is 2.68. The van der Waals surface area contributed by atoms with Crippen molar-refractivity contribution in [1.29, 1.82) is 0 Å². The topological polar surface area (TPSA) is 3.24 Å². The molecule has 3 fully saturated rings. The van der Waals surface area contributed by atoms with E-state index in [1.807, 2.05) is 11.3 Å². The Morgan fingerprint density at radius 1 is 0.528 bits per heavy atom. The van der Waals surface area contributed by atoms with Crippen molar-refractivity contribution in [3.63, 3.8) is 0 Å². The zero-order chi connectivity index (χ0) is 35.2. The van der Waals surface area contributed by atoms with Gasteiger partial charge in [-0.05, 0) is 126 Å². The predicted molar refractivity (Wildman–Crippen MR) is 227 cm³/mol. The fraction of sp³-hybridized carbons (Fsp3) is 0.294. The van der Waals surface area contributed by atoms with Crippen molar-refractivity contribution in [1.82, 2.24) is 0 Å². The predicted octanol–water partition coefficient (Wildman–Crippen LogP) is 15.1. The van der Waals surface area contributed by atoms with E-state index in [4.69, 9.17) is 0 Å². The van der Waals surface area contributed by atoms with Gasteiger partial charge >= 0.3 is 0 Å². The molecule has 1 nitrogen and oxygen atoms in total. The van der Waals surface area contributed by atoms with E-state index in [9.17, 15) is 0 Å². The smallest absolute Gasteiger partial charge is 0.0468 e. The summed E-state index contributed by atoms with van der Waals surface area (Å²) in [4.78, 5) is 2.51. The second kappa shape index (κ2) is 14.0. The minimum absolute atomic E-state index is 0.0652. The first-order valence-electron chi connectivity index (χ1n) is 20.3. The molecule has 2 bridgehead atoms. The Morgan fingerprint density at radius 2 is 1.19 bits per heavy atom. The average molecular weight is 708 g/mol. The molecule has 3 saturated carbocycles. The molecule has 0 saturated heterocycles. The van der Waals surface area contributed by atoms with E-state index in [0.717, 1.165) is 17.8 Å². The quantitative estimate of drug-likeness (QED) is 0.159. The third kappa shape index (κ3) is 6.00. The molecule has 7 aromatic rings. The summed E-state index contributed by atoms with van der Waals surface area (Å²) in [5.41, 5.74) is 10.8. The van der Waals surface area contributed by atoms with Gasteiger partial charge in [-0.1, -0.05) is 136 Å². The second-order valence-corrected chi connectivity index (χ2v) is 17.4. The summed E-state index contributed by atoms with van der Waals surface area (Å²) in [6, 6.07) is 55.7. The Labute approximate surface area is 319 Å². The minimum atomic E-state index is 0.0652. The SMILES string of the molecule is c1ccc(-c2cccc3sc4ccc(N(c5ccc(C6CC7CCC6C7)cc5)c5ccc(C6(c7ccccc7)CCCCCCC6)cc5)cc4c23)cc1. The van der Waals surface area contributed by atoms with Crippen molar-refractivity contribution in [3.8, 4) is 11.1 Å². The molecule has 53 heavy (non-hydrogen) atoms. The van der Waals surface area contributed by atoms with Crippen molar-refractivity contribution in [2.24, 2.45) is 11.8 Å². The van der Waals surface area contributed by atoms with Crippen LogP contribution < -0.4 is 4.90 Å². The second-order valence-electron chi connectivity index (χ2n) is 16.3. The van der Waals surface area contributed by atoms with Gasteiger partial charge in [-0.2, -0.15) is 0 Å². The van der Waals surface area contributed by atoms with Crippen LogP contribution in [0.25, 0.3) is 31.3 Å². The van der Waals surface area contributed by atoms with Crippen LogP contribution >= 0.6 is 11.3 Å². The molecule has 10 rings (SSSR count). The van der Waals surface area contributed by atoms with Gasteiger partial charge in [0.05, 0.1) is 0 Å². The molecule has 264 valence electrons. The number of hydrogen-bond acceptors (Lipinski definition) is 2. The lowest BCUT2D eigenvalue weighted by Gasteiger charge is -2.37. The summed E-state index contributed by atoms with van der Waals surface area (Å²) in [6.07, 6.45) is 14.7. The fourth-order valence-corrected chi connectivity index (χ4v) is 11.8. The number of thiophene rings is 1. The third-order valence-electron chi connectivity index (χ3n) is 13.4. The lowest BCUT2D eigenvalue weighted by Crippen LogP contribution is -2.29. The molecule has 0 amide bonds. The lowest BCUT2D eigenvalue weighted by molar-refractivity contribution is 0.366. The third-order valence-corrected chi connectivity index (χ3v) is 14.5. The fourth-order valence-electron chi connectivity index (χ4n) is 10.7. The zero-order valence-corrected chi connectivity index (χ0v) is 31.5. The summed E-state index contributed by atoms with van der Waals surface area (Å²) in [7, 11) is 0. The number of benzene rings is 6. The summed E-state index contributed by atoms with van der Waals surface area (Å²) in [5.74, 6) is 2.57. The monoisotopic (exact) mass is 707 g/mol. The van der Waals surface area contributed by atoms with Gasteiger partial charge in [0.25, 0.3) is 0 Å². The van der Waals surface area contributed by atoms with Gasteiger partial charge in [-0.15, -0.1) is 11.3 Å². The maximum Gasteiger partial charge on any atom is 0.0468 e. The molecule has 3 aliphatic carbocycles.